The summed E-state index contributed by atoms with van der Waals surface area (Å²) in [6.07, 6.45) is 4.67. The van der Waals surface area contributed by atoms with E-state index in [-0.39, 0.29) is 26.2 Å². The van der Waals surface area contributed by atoms with Crippen molar-refractivity contribution in [3.63, 3.8) is 0 Å². The Morgan fingerprint density at radius 2 is 1.86 bits per heavy atom. The third-order valence-electron chi connectivity index (χ3n) is 2.58. The molecule has 0 aliphatic carbocycles. The molecule has 2 amide bonds. The number of benzene rings is 1. The van der Waals surface area contributed by atoms with E-state index in [4.69, 9.17) is 46.6 Å². The summed E-state index contributed by atoms with van der Waals surface area (Å²) < 4.78 is 1.29. The van der Waals surface area contributed by atoms with Crippen LogP contribution in [0.15, 0.2) is 36.1 Å². The zero-order chi connectivity index (χ0) is 15.6. The van der Waals surface area contributed by atoms with Gasteiger partial charge in [-0.15, -0.1) is 0 Å². The largest absolute Gasteiger partial charge is 0.288 e. The zero-order valence-electron chi connectivity index (χ0n) is 10.4. The Balaban J connectivity index is 2.19. The van der Waals surface area contributed by atoms with Crippen LogP contribution in [0, 0.1) is 0 Å². The van der Waals surface area contributed by atoms with Gasteiger partial charge in [0.25, 0.3) is 11.8 Å². The van der Waals surface area contributed by atoms with E-state index in [0.29, 0.717) is 6.54 Å². The fraction of sp³-hybridized carbons (Fsp3) is 0.0769. The van der Waals surface area contributed by atoms with Crippen LogP contribution in [0.1, 0.15) is 10.4 Å². The van der Waals surface area contributed by atoms with Crippen molar-refractivity contribution in [3.8, 4) is 0 Å². The first-order valence-electron chi connectivity index (χ1n) is 5.69. The predicted molar refractivity (Wildman–Crippen MR) is 83.7 cm³/mol. The average Bonchev–Trinajstić information content (AvgIpc) is 2.42. The summed E-state index contributed by atoms with van der Waals surface area (Å²) in [5.41, 5.74) is 0.263. The number of carbonyl (C=O) groups is 2. The molecule has 0 saturated heterocycles. The number of hydrogen-bond donors (Lipinski definition) is 1. The highest BCUT2D eigenvalue weighted by molar-refractivity contribution is 6.45. The molecule has 1 N–H and O–H groups in total. The van der Waals surface area contributed by atoms with Crippen LogP contribution in [0.25, 0.3) is 0 Å². The molecule has 1 aliphatic heterocycles. The summed E-state index contributed by atoms with van der Waals surface area (Å²) in [6, 6.07) is 2.74. The van der Waals surface area contributed by atoms with Gasteiger partial charge in [-0.2, -0.15) is 0 Å². The SMILES string of the molecule is O=C(NC(=O)c1cc(Cl)cc(Cl)c1Cl)C1=CN(Cl)CC=C1. The van der Waals surface area contributed by atoms with Crippen molar-refractivity contribution in [2.45, 2.75) is 0 Å². The number of halogens is 4. The van der Waals surface area contributed by atoms with Gasteiger partial charge in [-0.1, -0.05) is 47.0 Å². The van der Waals surface area contributed by atoms with E-state index in [1.165, 1.54) is 22.8 Å². The average molecular weight is 366 g/mol. The second-order valence-electron chi connectivity index (χ2n) is 4.10. The molecule has 1 aromatic rings. The number of nitrogens with zero attached hydrogens (tertiary/aromatic N) is 1. The van der Waals surface area contributed by atoms with Gasteiger partial charge in [0.05, 0.1) is 27.7 Å². The van der Waals surface area contributed by atoms with Gasteiger partial charge in [0.15, 0.2) is 0 Å². The molecule has 0 bridgehead atoms. The molecule has 0 unspecified atom stereocenters. The fourth-order valence-electron chi connectivity index (χ4n) is 1.63. The Bertz CT molecular complexity index is 670. The Hall–Kier alpha value is -1.20. The lowest BCUT2D eigenvalue weighted by molar-refractivity contribution is -0.116. The van der Waals surface area contributed by atoms with Crippen molar-refractivity contribution < 1.29 is 9.59 Å². The van der Waals surface area contributed by atoms with E-state index in [9.17, 15) is 9.59 Å². The van der Waals surface area contributed by atoms with Crippen molar-refractivity contribution in [3.05, 3.63) is 56.7 Å². The summed E-state index contributed by atoms with van der Waals surface area (Å²) in [5.74, 6) is -1.30. The van der Waals surface area contributed by atoms with E-state index in [1.54, 1.807) is 12.2 Å². The molecule has 1 aliphatic rings. The van der Waals surface area contributed by atoms with Crippen LogP contribution in [0.3, 0.4) is 0 Å². The van der Waals surface area contributed by atoms with Crippen LogP contribution >= 0.6 is 46.6 Å². The lowest BCUT2D eigenvalue weighted by atomic mass is 10.1. The summed E-state index contributed by atoms with van der Waals surface area (Å²) in [4.78, 5) is 24.0. The molecular weight excluding hydrogens is 358 g/mol. The molecule has 2 rings (SSSR count). The number of nitrogens with one attached hydrogen (secondary N) is 1. The maximum Gasteiger partial charge on any atom is 0.259 e. The van der Waals surface area contributed by atoms with E-state index >= 15 is 0 Å². The minimum absolute atomic E-state index is 0.0191. The minimum atomic E-state index is -0.699. The molecule has 4 nitrogen and oxygen atoms in total. The fourth-order valence-corrected chi connectivity index (χ4v) is 2.50. The topological polar surface area (TPSA) is 49.4 Å². The molecule has 0 spiro atoms. The molecule has 0 aromatic heterocycles. The maximum absolute atomic E-state index is 12.1. The van der Waals surface area contributed by atoms with Crippen LogP contribution in [-0.2, 0) is 4.79 Å². The first kappa shape index (κ1) is 16.2. The quantitative estimate of drug-likeness (QED) is 0.492. The Morgan fingerprint density at radius 3 is 2.52 bits per heavy atom. The lowest BCUT2D eigenvalue weighted by Crippen LogP contribution is -2.32. The Labute approximate surface area is 141 Å². The summed E-state index contributed by atoms with van der Waals surface area (Å²) in [7, 11) is 0. The second kappa shape index (κ2) is 6.71. The number of carbonyl (C=O) groups excluding carboxylic acids is 2. The smallest absolute Gasteiger partial charge is 0.259 e. The van der Waals surface area contributed by atoms with Crippen molar-refractivity contribution in [1.29, 1.82) is 0 Å². The minimum Gasteiger partial charge on any atom is -0.288 e. The normalized spacial score (nSPS) is 13.9. The third kappa shape index (κ3) is 3.92. The Morgan fingerprint density at radius 1 is 1.14 bits per heavy atom. The number of amides is 2. The van der Waals surface area contributed by atoms with Crippen LogP contribution in [0.4, 0.5) is 0 Å². The lowest BCUT2D eigenvalue weighted by Gasteiger charge is -2.14. The van der Waals surface area contributed by atoms with E-state index in [1.807, 2.05) is 0 Å². The van der Waals surface area contributed by atoms with Gasteiger partial charge in [-0.05, 0) is 12.1 Å². The molecule has 0 saturated carbocycles. The van der Waals surface area contributed by atoms with Crippen LogP contribution < -0.4 is 5.32 Å². The number of imide groups is 1. The number of rotatable bonds is 2. The van der Waals surface area contributed by atoms with Gasteiger partial charge in [-0.3, -0.25) is 19.3 Å². The first-order valence-corrected chi connectivity index (χ1v) is 7.16. The van der Waals surface area contributed by atoms with Gasteiger partial charge in [0, 0.05) is 23.0 Å². The van der Waals surface area contributed by atoms with Crippen LogP contribution in [-0.4, -0.2) is 22.8 Å². The number of hydrogen-bond acceptors (Lipinski definition) is 3. The van der Waals surface area contributed by atoms with Gasteiger partial charge in [0.2, 0.25) is 0 Å². The van der Waals surface area contributed by atoms with Gasteiger partial charge in [0.1, 0.15) is 0 Å². The highest BCUT2D eigenvalue weighted by Crippen LogP contribution is 2.29. The van der Waals surface area contributed by atoms with Crippen molar-refractivity contribution in [1.82, 2.24) is 9.74 Å². The standard InChI is InChI=1S/C13H8Cl4N2O2/c14-8-4-9(11(16)10(15)5-8)13(21)18-12(20)7-2-1-3-19(17)6-7/h1-2,4-6H,3H2,(H,18,20,21). The monoisotopic (exact) mass is 364 g/mol. The van der Waals surface area contributed by atoms with Crippen LogP contribution in [0.2, 0.25) is 15.1 Å². The summed E-state index contributed by atoms with van der Waals surface area (Å²) in [5, 5.41) is 2.60. The molecule has 0 atom stereocenters. The molecule has 1 aromatic carbocycles. The highest BCUT2D eigenvalue weighted by atomic mass is 35.5. The second-order valence-corrected chi connectivity index (χ2v) is 5.76. The van der Waals surface area contributed by atoms with Crippen molar-refractivity contribution in [2.24, 2.45) is 0 Å². The van der Waals surface area contributed by atoms with Crippen LogP contribution in [0.5, 0.6) is 0 Å². The molecular formula is C13H8Cl4N2O2. The molecule has 0 fully saturated rings. The summed E-state index contributed by atoms with van der Waals surface area (Å²) in [6.45, 7) is 0.474. The molecule has 8 heteroatoms. The first-order chi connectivity index (χ1) is 9.88. The highest BCUT2D eigenvalue weighted by Gasteiger charge is 2.19. The molecule has 1 heterocycles. The molecule has 0 radical (unpaired) electrons. The third-order valence-corrected chi connectivity index (χ3v) is 3.84. The summed E-state index contributed by atoms with van der Waals surface area (Å²) >= 11 is 23.3. The van der Waals surface area contributed by atoms with E-state index < -0.39 is 11.8 Å². The predicted octanol–water partition coefficient (Wildman–Crippen LogP) is 3.81. The zero-order valence-corrected chi connectivity index (χ0v) is 13.4. The van der Waals surface area contributed by atoms with Crippen molar-refractivity contribution >= 4 is 58.4 Å². The van der Waals surface area contributed by atoms with E-state index in [0.717, 1.165) is 0 Å². The van der Waals surface area contributed by atoms with Gasteiger partial charge in [-0.25, -0.2) is 0 Å². The van der Waals surface area contributed by atoms with E-state index in [2.05, 4.69) is 5.32 Å². The Kier molecular flexibility index (Phi) is 5.17. The maximum atomic E-state index is 12.1. The van der Waals surface area contributed by atoms with Gasteiger partial charge >= 0.3 is 0 Å². The molecule has 21 heavy (non-hydrogen) atoms. The van der Waals surface area contributed by atoms with Crippen molar-refractivity contribution in [2.75, 3.05) is 6.54 Å². The van der Waals surface area contributed by atoms with Gasteiger partial charge < -0.3 is 0 Å². The molecule has 110 valence electrons.